The lowest BCUT2D eigenvalue weighted by atomic mass is 10.0. The average molecular weight is 896 g/mol. The maximum atomic E-state index is 12.4. The Labute approximate surface area is 402 Å². The van der Waals surface area contributed by atoms with Crippen LogP contribution in [-0.2, 0) is 4.79 Å². The fourth-order valence-corrected chi connectivity index (χ4v) is 7.30. The Kier molecular flexibility index (Phi) is 51.9. The molecule has 0 fully saturated rings. The van der Waals surface area contributed by atoms with Crippen molar-refractivity contribution in [1.29, 1.82) is 0 Å². The molecule has 0 rings (SSSR count). The van der Waals surface area contributed by atoms with Gasteiger partial charge in [0.05, 0.1) is 18.8 Å². The van der Waals surface area contributed by atoms with Crippen molar-refractivity contribution in [1.82, 2.24) is 5.32 Å². The van der Waals surface area contributed by atoms with Crippen LogP contribution in [0.4, 0.5) is 0 Å². The molecule has 3 N–H and O–H groups in total. The Morgan fingerprint density at radius 3 is 1.08 bits per heavy atom. The van der Waals surface area contributed by atoms with Gasteiger partial charge in [-0.1, -0.05) is 250 Å². The normalized spacial score (nSPS) is 14.0. The summed E-state index contributed by atoms with van der Waals surface area (Å²) < 4.78 is 0. The molecule has 65 heavy (non-hydrogen) atoms. The van der Waals surface area contributed by atoms with Gasteiger partial charge in [0, 0.05) is 6.42 Å². The van der Waals surface area contributed by atoms with Gasteiger partial charge in [-0.2, -0.15) is 0 Å². The second-order valence-electron chi connectivity index (χ2n) is 17.6. The molecule has 0 saturated heterocycles. The third-order valence-corrected chi connectivity index (χ3v) is 11.4. The predicted octanol–water partition coefficient (Wildman–Crippen LogP) is 17.9. The number of amides is 1. The molecule has 0 aliphatic rings. The number of unbranched alkanes of at least 4 members (excludes halogenated alkanes) is 20. The standard InChI is InChI=1S/C61H101NO3/c1-3-5-7-9-11-13-15-17-19-21-23-24-25-26-27-28-29-30-31-32-33-34-35-36-37-38-39-41-43-45-47-49-51-53-55-57-61(65)62-59(58-63)60(64)56-54-52-50-48-46-44-42-40-22-20-18-16-14-12-10-8-6-4-2/h5,7,11,13,17,19,23-24,26-27,29-30,32-33,35-36,38-39,46,48,54,56,59-60,63-64H,3-4,6,8-10,12,14-16,18,20-22,25,28,31,34,37,40-45,47,49-53,55,57-58H2,1-2H3,(H,62,65)/b7-5-,13-11-,19-17-,24-23-,27-26-,30-29-,33-32-,36-35-,39-38-,48-46+,56-54+. The second kappa shape index (κ2) is 54.9. The molecule has 0 aromatic rings. The van der Waals surface area contributed by atoms with E-state index in [-0.39, 0.29) is 12.5 Å². The van der Waals surface area contributed by atoms with Crippen molar-refractivity contribution >= 4 is 5.91 Å². The highest BCUT2D eigenvalue weighted by molar-refractivity contribution is 5.76. The van der Waals surface area contributed by atoms with E-state index in [0.717, 1.165) is 103 Å². The summed E-state index contributed by atoms with van der Waals surface area (Å²) >= 11 is 0. The van der Waals surface area contributed by atoms with Crippen molar-refractivity contribution in [2.24, 2.45) is 0 Å². The predicted molar refractivity (Wildman–Crippen MR) is 289 cm³/mol. The number of carbonyl (C=O) groups is 1. The van der Waals surface area contributed by atoms with Crippen molar-refractivity contribution < 1.29 is 15.0 Å². The van der Waals surface area contributed by atoms with Gasteiger partial charge in [0.1, 0.15) is 0 Å². The molecule has 0 aliphatic heterocycles. The first kappa shape index (κ1) is 61.5. The number of rotatable bonds is 47. The van der Waals surface area contributed by atoms with Crippen LogP contribution in [0.25, 0.3) is 0 Å². The maximum absolute atomic E-state index is 12.4. The minimum absolute atomic E-state index is 0.0906. The molecule has 4 heteroatoms. The number of nitrogens with one attached hydrogen (secondary N) is 1. The number of carbonyl (C=O) groups excluding carboxylic acids is 1. The molecule has 0 aliphatic carbocycles. The Balaban J connectivity index is 3.68. The third kappa shape index (κ3) is 51.4. The molecule has 4 nitrogen and oxygen atoms in total. The maximum Gasteiger partial charge on any atom is 0.220 e. The molecule has 2 atom stereocenters. The zero-order valence-corrected chi connectivity index (χ0v) is 42.2. The molecule has 0 bridgehead atoms. The van der Waals surface area contributed by atoms with Gasteiger partial charge in [0.15, 0.2) is 0 Å². The first-order chi connectivity index (χ1) is 32.2. The van der Waals surface area contributed by atoms with Crippen molar-refractivity contribution in [3.63, 3.8) is 0 Å². The van der Waals surface area contributed by atoms with Gasteiger partial charge < -0.3 is 15.5 Å². The largest absolute Gasteiger partial charge is 0.394 e. The first-order valence-electron chi connectivity index (χ1n) is 26.9. The van der Waals surface area contributed by atoms with Gasteiger partial charge in [-0.3, -0.25) is 4.79 Å². The number of hydrogen-bond donors (Lipinski definition) is 3. The number of aliphatic hydroxyl groups is 2. The van der Waals surface area contributed by atoms with E-state index in [0.29, 0.717) is 6.42 Å². The lowest BCUT2D eigenvalue weighted by Crippen LogP contribution is -2.45. The zero-order chi connectivity index (χ0) is 47.0. The van der Waals surface area contributed by atoms with E-state index in [1.807, 2.05) is 6.08 Å². The molecule has 2 unspecified atom stereocenters. The van der Waals surface area contributed by atoms with Gasteiger partial charge in [0.2, 0.25) is 5.91 Å². The third-order valence-electron chi connectivity index (χ3n) is 11.4. The molecule has 0 spiro atoms. The van der Waals surface area contributed by atoms with Gasteiger partial charge in [-0.25, -0.2) is 0 Å². The van der Waals surface area contributed by atoms with E-state index < -0.39 is 12.1 Å². The molecule has 1 amide bonds. The summed E-state index contributed by atoms with van der Waals surface area (Å²) in [6.07, 6.45) is 85.9. The highest BCUT2D eigenvalue weighted by Gasteiger charge is 2.17. The van der Waals surface area contributed by atoms with E-state index in [2.05, 4.69) is 141 Å². The SMILES string of the molecule is CC/C=C\C/C=C\C/C=C\C/C=C\C/C=C\C/C=C\C/C=C\C/C=C\C/C=C\CCCCCCCCCC(=O)NC(CO)C(O)/C=C/CC/C=C/CCCCCCCCCCCCCC. The van der Waals surface area contributed by atoms with Gasteiger partial charge in [-0.15, -0.1) is 0 Å². The van der Waals surface area contributed by atoms with Crippen LogP contribution in [-0.4, -0.2) is 34.9 Å². The van der Waals surface area contributed by atoms with Crippen molar-refractivity contribution in [2.75, 3.05) is 6.61 Å². The summed E-state index contributed by atoms with van der Waals surface area (Å²) in [6, 6.07) is -0.655. The topological polar surface area (TPSA) is 69.6 Å². The molecular formula is C61H101NO3. The van der Waals surface area contributed by atoms with Crippen LogP contribution < -0.4 is 5.32 Å². The van der Waals surface area contributed by atoms with Crippen LogP contribution in [0.2, 0.25) is 0 Å². The number of allylic oxidation sites excluding steroid dienone is 21. The Hall–Kier alpha value is -3.47. The summed E-state index contributed by atoms with van der Waals surface area (Å²) in [4.78, 5) is 12.4. The van der Waals surface area contributed by atoms with Crippen LogP contribution in [0.15, 0.2) is 134 Å². The average Bonchev–Trinajstić information content (AvgIpc) is 3.31. The minimum Gasteiger partial charge on any atom is -0.394 e. The lowest BCUT2D eigenvalue weighted by molar-refractivity contribution is -0.123. The summed E-state index contributed by atoms with van der Waals surface area (Å²) in [7, 11) is 0. The highest BCUT2D eigenvalue weighted by Crippen LogP contribution is 2.14. The summed E-state index contributed by atoms with van der Waals surface area (Å²) in [5.41, 5.74) is 0. The number of aliphatic hydroxyl groups excluding tert-OH is 2. The van der Waals surface area contributed by atoms with Crippen LogP contribution >= 0.6 is 0 Å². The van der Waals surface area contributed by atoms with E-state index in [4.69, 9.17) is 0 Å². The lowest BCUT2D eigenvalue weighted by Gasteiger charge is -2.19. The van der Waals surface area contributed by atoms with Crippen molar-refractivity contribution in [2.45, 2.75) is 238 Å². The highest BCUT2D eigenvalue weighted by atomic mass is 16.3. The molecule has 0 aromatic heterocycles. The van der Waals surface area contributed by atoms with Gasteiger partial charge in [0.25, 0.3) is 0 Å². The molecule has 0 saturated carbocycles. The fourth-order valence-electron chi connectivity index (χ4n) is 7.30. The van der Waals surface area contributed by atoms with Crippen LogP contribution in [0.5, 0.6) is 0 Å². The van der Waals surface area contributed by atoms with E-state index >= 15 is 0 Å². The van der Waals surface area contributed by atoms with Crippen molar-refractivity contribution in [3.05, 3.63) is 134 Å². The van der Waals surface area contributed by atoms with E-state index in [9.17, 15) is 15.0 Å². The fraction of sp³-hybridized carbons (Fsp3) is 0.623. The monoisotopic (exact) mass is 896 g/mol. The van der Waals surface area contributed by atoms with Gasteiger partial charge in [-0.05, 0) is 103 Å². The summed E-state index contributed by atoms with van der Waals surface area (Å²) in [5.74, 6) is -0.0906. The summed E-state index contributed by atoms with van der Waals surface area (Å²) in [5, 5.41) is 23.1. The molecule has 0 heterocycles. The first-order valence-corrected chi connectivity index (χ1v) is 26.9. The smallest absolute Gasteiger partial charge is 0.220 e. The van der Waals surface area contributed by atoms with Crippen LogP contribution in [0.1, 0.15) is 226 Å². The zero-order valence-electron chi connectivity index (χ0n) is 42.2. The Morgan fingerprint density at radius 2 is 0.692 bits per heavy atom. The van der Waals surface area contributed by atoms with Crippen LogP contribution in [0.3, 0.4) is 0 Å². The Bertz CT molecular complexity index is 1340. The second-order valence-corrected chi connectivity index (χ2v) is 17.6. The molecule has 0 radical (unpaired) electrons. The quantitative estimate of drug-likeness (QED) is 0.0421. The molecule has 0 aromatic carbocycles. The minimum atomic E-state index is -0.877. The van der Waals surface area contributed by atoms with E-state index in [1.165, 1.54) is 103 Å². The molecule has 368 valence electrons. The van der Waals surface area contributed by atoms with Crippen molar-refractivity contribution in [3.8, 4) is 0 Å². The van der Waals surface area contributed by atoms with Crippen LogP contribution in [0, 0.1) is 0 Å². The van der Waals surface area contributed by atoms with E-state index in [1.54, 1.807) is 6.08 Å². The Morgan fingerprint density at radius 1 is 0.385 bits per heavy atom. The summed E-state index contributed by atoms with van der Waals surface area (Å²) in [6.45, 7) is 4.17. The van der Waals surface area contributed by atoms with Gasteiger partial charge >= 0.3 is 0 Å². The number of hydrogen-bond acceptors (Lipinski definition) is 3. The molecular weight excluding hydrogens is 795 g/mol.